The van der Waals surface area contributed by atoms with Gasteiger partial charge in [0.05, 0.1) is 17.1 Å². The smallest absolute Gasteiger partial charge is 0.336 e. The topological polar surface area (TPSA) is 121 Å². The Morgan fingerprint density at radius 1 is 1.08 bits per heavy atom. The van der Waals surface area contributed by atoms with Crippen LogP contribution in [0.2, 0.25) is 0 Å². The van der Waals surface area contributed by atoms with E-state index in [1.54, 1.807) is 4.52 Å². The minimum atomic E-state index is -0.681. The number of hydrogen-bond donors (Lipinski definition) is 4. The largest absolute Gasteiger partial charge is 0.491 e. The zero-order chi connectivity index (χ0) is 26.0. The molecule has 1 atom stereocenters. The number of nitrogens with one attached hydrogen (secondary N) is 2. The van der Waals surface area contributed by atoms with Gasteiger partial charge in [-0.2, -0.15) is 0 Å². The highest BCUT2D eigenvalue weighted by Gasteiger charge is 2.28. The van der Waals surface area contributed by atoms with Crippen LogP contribution in [0.4, 0.5) is 0 Å². The number of hydrogen-bond acceptors (Lipinski definition) is 5. The van der Waals surface area contributed by atoms with E-state index in [1.807, 2.05) is 25.1 Å². The molecule has 36 heavy (non-hydrogen) atoms. The minimum Gasteiger partial charge on any atom is -0.491 e. The van der Waals surface area contributed by atoms with Gasteiger partial charge in [-0.3, -0.25) is 10.1 Å². The number of para-hydroxylation sites is 1. The van der Waals surface area contributed by atoms with Crippen LogP contribution in [0.3, 0.4) is 0 Å². The number of aromatic nitrogens is 5. The summed E-state index contributed by atoms with van der Waals surface area (Å²) in [6.07, 6.45) is 9.28. The van der Waals surface area contributed by atoms with Crippen LogP contribution in [0.5, 0.6) is 17.6 Å². The van der Waals surface area contributed by atoms with Crippen LogP contribution in [0, 0.1) is 0 Å². The van der Waals surface area contributed by atoms with Gasteiger partial charge < -0.3 is 14.9 Å². The normalized spacial score (nSPS) is 13.1. The zero-order valence-corrected chi connectivity index (χ0v) is 22.0. The van der Waals surface area contributed by atoms with Crippen molar-refractivity contribution in [1.29, 1.82) is 0 Å². The van der Waals surface area contributed by atoms with Gasteiger partial charge in [0.2, 0.25) is 5.88 Å². The van der Waals surface area contributed by atoms with Crippen molar-refractivity contribution in [1.82, 2.24) is 24.1 Å². The second-order valence-electron chi connectivity index (χ2n) is 10.8. The lowest BCUT2D eigenvalue weighted by molar-refractivity contribution is 0.196. The van der Waals surface area contributed by atoms with Crippen molar-refractivity contribution >= 4 is 16.7 Å². The molecule has 0 aliphatic carbocycles. The van der Waals surface area contributed by atoms with E-state index < -0.39 is 17.4 Å². The molecule has 0 bridgehead atoms. The molecule has 3 heterocycles. The number of rotatable bonds is 11. The Hall–Kier alpha value is -3.36. The molecule has 196 valence electrons. The molecular formula is C27H39N5O4. The van der Waals surface area contributed by atoms with E-state index in [0.29, 0.717) is 11.5 Å². The zero-order valence-electron chi connectivity index (χ0n) is 22.0. The summed E-state index contributed by atoms with van der Waals surface area (Å²) < 4.78 is 9.04. The maximum Gasteiger partial charge on any atom is 0.336 e. The molecule has 9 heteroatoms. The lowest BCUT2D eigenvalue weighted by Crippen LogP contribution is -2.18. The molecular weight excluding hydrogens is 458 g/mol. The molecule has 0 saturated heterocycles. The number of unbranched alkanes of at least 4 members (excludes halogenated alkanes) is 6. The SMILES string of the molecule is CCCCCCCCCC(C)Oc1[nH]n2c(nc3c(C(C)(C)C)cccc32)c1-n1c(O)c(O)[nH]c1=O. The summed E-state index contributed by atoms with van der Waals surface area (Å²) in [6.45, 7) is 10.6. The summed E-state index contributed by atoms with van der Waals surface area (Å²) in [5.41, 5.74) is 2.56. The van der Waals surface area contributed by atoms with Gasteiger partial charge in [0, 0.05) is 0 Å². The molecule has 1 unspecified atom stereocenters. The third kappa shape index (κ3) is 4.96. The van der Waals surface area contributed by atoms with Crippen LogP contribution in [-0.2, 0) is 5.41 Å². The fourth-order valence-corrected chi connectivity index (χ4v) is 4.79. The highest BCUT2D eigenvalue weighted by Crippen LogP contribution is 2.37. The number of ether oxygens (including phenoxy) is 1. The maximum atomic E-state index is 12.7. The van der Waals surface area contributed by atoms with Gasteiger partial charge in [-0.1, -0.05) is 78.4 Å². The molecule has 9 nitrogen and oxygen atoms in total. The molecule has 4 rings (SSSR count). The van der Waals surface area contributed by atoms with Crippen molar-refractivity contribution in [3.63, 3.8) is 0 Å². The van der Waals surface area contributed by atoms with E-state index in [-0.39, 0.29) is 17.2 Å². The second-order valence-corrected chi connectivity index (χ2v) is 10.8. The molecule has 0 aliphatic heterocycles. The first-order chi connectivity index (χ1) is 17.1. The van der Waals surface area contributed by atoms with Gasteiger partial charge in [0.25, 0.3) is 11.8 Å². The summed E-state index contributed by atoms with van der Waals surface area (Å²) in [4.78, 5) is 19.8. The Morgan fingerprint density at radius 3 is 2.42 bits per heavy atom. The van der Waals surface area contributed by atoms with Gasteiger partial charge in [-0.05, 0) is 36.8 Å². The lowest BCUT2D eigenvalue weighted by atomic mass is 9.86. The van der Waals surface area contributed by atoms with E-state index in [2.05, 4.69) is 37.8 Å². The van der Waals surface area contributed by atoms with Crippen molar-refractivity contribution in [2.45, 2.75) is 97.5 Å². The number of benzene rings is 1. The van der Waals surface area contributed by atoms with Crippen molar-refractivity contribution in [3.8, 4) is 23.3 Å². The van der Waals surface area contributed by atoms with Crippen LogP contribution < -0.4 is 10.4 Å². The fraction of sp³-hybridized carbons (Fsp3) is 0.556. The first-order valence-corrected chi connectivity index (χ1v) is 13.1. The summed E-state index contributed by atoms with van der Waals surface area (Å²) in [5, 5.41) is 23.7. The van der Waals surface area contributed by atoms with Crippen molar-refractivity contribution in [2.75, 3.05) is 0 Å². The Labute approximate surface area is 211 Å². The Kier molecular flexibility index (Phi) is 7.38. The van der Waals surface area contributed by atoms with Crippen LogP contribution in [0.1, 0.15) is 91.5 Å². The van der Waals surface area contributed by atoms with Crippen LogP contribution in [0.15, 0.2) is 23.0 Å². The number of aromatic amines is 2. The highest BCUT2D eigenvalue weighted by atomic mass is 16.5. The maximum absolute atomic E-state index is 12.7. The fourth-order valence-electron chi connectivity index (χ4n) is 4.79. The molecule has 0 saturated carbocycles. The van der Waals surface area contributed by atoms with Crippen molar-refractivity contribution < 1.29 is 14.9 Å². The molecule has 1 aromatic carbocycles. The minimum absolute atomic E-state index is 0.121. The van der Waals surface area contributed by atoms with E-state index in [4.69, 9.17) is 9.72 Å². The molecule has 0 fully saturated rings. The monoisotopic (exact) mass is 497 g/mol. The third-order valence-corrected chi connectivity index (χ3v) is 6.74. The number of aromatic hydroxyl groups is 2. The number of fused-ring (bicyclic) bond motifs is 3. The average Bonchev–Trinajstić information content (AvgIpc) is 3.41. The first-order valence-electron chi connectivity index (χ1n) is 13.1. The van der Waals surface area contributed by atoms with E-state index in [0.717, 1.165) is 40.4 Å². The van der Waals surface area contributed by atoms with Gasteiger partial charge in [0.1, 0.15) is 0 Å². The standard InChI is InChI=1S/C27H39N5O4/c1-6-7-8-9-10-11-12-14-17(2)36-24-21(31-25(34)23(33)29-26(31)35)22-28-20-18(27(3,4)5)15-13-16-19(20)32(22)30-24/h13,15-17,30,33-34H,6-12,14H2,1-5H3,(H,29,35). The molecule has 3 aromatic heterocycles. The quantitative estimate of drug-likeness (QED) is 0.192. The molecule has 0 amide bonds. The number of H-pyrrole nitrogens is 2. The molecule has 0 aliphatic rings. The van der Waals surface area contributed by atoms with Crippen LogP contribution in [-0.4, -0.2) is 40.5 Å². The summed E-state index contributed by atoms with van der Waals surface area (Å²) in [5.74, 6) is -0.880. The average molecular weight is 498 g/mol. The predicted molar refractivity (Wildman–Crippen MR) is 142 cm³/mol. The van der Waals surface area contributed by atoms with Gasteiger partial charge >= 0.3 is 5.69 Å². The van der Waals surface area contributed by atoms with Crippen LogP contribution >= 0.6 is 0 Å². The Balaban J connectivity index is 1.69. The third-order valence-electron chi connectivity index (χ3n) is 6.74. The van der Waals surface area contributed by atoms with E-state index in [9.17, 15) is 15.0 Å². The first kappa shape index (κ1) is 25.7. The second kappa shape index (κ2) is 10.3. The van der Waals surface area contributed by atoms with Crippen molar-refractivity contribution in [2.24, 2.45) is 0 Å². The van der Waals surface area contributed by atoms with Gasteiger partial charge in [-0.15, -0.1) is 0 Å². The number of nitrogens with zero attached hydrogens (tertiary/aromatic N) is 3. The van der Waals surface area contributed by atoms with E-state index >= 15 is 0 Å². The summed E-state index contributed by atoms with van der Waals surface area (Å²) >= 11 is 0. The van der Waals surface area contributed by atoms with Gasteiger partial charge in [0.15, 0.2) is 11.3 Å². The molecule has 0 spiro atoms. The molecule has 0 radical (unpaired) electrons. The lowest BCUT2D eigenvalue weighted by Gasteiger charge is -2.19. The summed E-state index contributed by atoms with van der Waals surface area (Å²) in [6, 6.07) is 5.97. The highest BCUT2D eigenvalue weighted by molar-refractivity contribution is 5.87. The van der Waals surface area contributed by atoms with E-state index in [1.165, 1.54) is 32.1 Å². The van der Waals surface area contributed by atoms with Crippen LogP contribution in [0.25, 0.3) is 22.4 Å². The molecule has 4 N–H and O–H groups in total. The van der Waals surface area contributed by atoms with Crippen molar-refractivity contribution in [3.05, 3.63) is 34.2 Å². The Morgan fingerprint density at radius 2 is 1.78 bits per heavy atom. The molecule has 4 aromatic rings. The summed E-state index contributed by atoms with van der Waals surface area (Å²) in [7, 11) is 0. The number of imidazole rings is 2. The van der Waals surface area contributed by atoms with Gasteiger partial charge in [-0.25, -0.2) is 18.9 Å². The predicted octanol–water partition coefficient (Wildman–Crippen LogP) is 5.91. The Bertz CT molecular complexity index is 1390.